The zero-order chi connectivity index (χ0) is 44.5. The second-order valence-corrected chi connectivity index (χ2v) is 16.4. The molecule has 0 atom stereocenters. The molecule has 65 heavy (non-hydrogen) atoms. The molecule has 11 aromatic rings. The maximum atomic E-state index is 10.9. The third-order valence-corrected chi connectivity index (χ3v) is 12.1. The smallest absolute Gasteiger partial charge is 0.115 e. The van der Waals surface area contributed by atoms with Crippen molar-refractivity contribution in [2.45, 2.75) is 27.2 Å². The molecule has 0 saturated heterocycles. The van der Waals surface area contributed by atoms with Crippen LogP contribution in [0.1, 0.15) is 23.6 Å². The molecule has 0 amide bonds. The van der Waals surface area contributed by atoms with Gasteiger partial charge in [0, 0.05) is 27.4 Å². The summed E-state index contributed by atoms with van der Waals surface area (Å²) in [4.78, 5) is 10.9. The first kappa shape index (κ1) is 42.2. The predicted molar refractivity (Wildman–Crippen MR) is 277 cm³/mol. The largest absolute Gasteiger partial charge is 0.309 e. The number of fused-ring (bicyclic) bond motifs is 5. The minimum atomic E-state index is 0.471. The van der Waals surface area contributed by atoms with Crippen molar-refractivity contribution in [3.63, 3.8) is 0 Å². The van der Waals surface area contributed by atoms with Crippen LogP contribution in [-0.2, 0) is 6.42 Å². The number of aromatic nitrogens is 1. The molecule has 0 N–H and O–H groups in total. The van der Waals surface area contributed by atoms with E-state index in [2.05, 4.69) is 225 Å². The van der Waals surface area contributed by atoms with Gasteiger partial charge in [-0.3, -0.25) is 0 Å². The van der Waals surface area contributed by atoms with E-state index >= 15 is 0 Å². The summed E-state index contributed by atoms with van der Waals surface area (Å²) in [7, 11) is 0. The second kappa shape index (κ2) is 19.5. The molecule has 314 valence electrons. The summed E-state index contributed by atoms with van der Waals surface area (Å²) in [6.45, 7) is 6.39. The summed E-state index contributed by atoms with van der Waals surface area (Å²) in [5.41, 5.74) is 17.4. The van der Waals surface area contributed by atoms with E-state index in [1.54, 1.807) is 6.07 Å². The van der Waals surface area contributed by atoms with E-state index in [9.17, 15) is 4.91 Å². The molecule has 1 aromatic heterocycles. The average molecular weight is 839 g/mol. The van der Waals surface area contributed by atoms with E-state index in [1.165, 1.54) is 82.8 Å². The Morgan fingerprint density at radius 3 is 1.57 bits per heavy atom. The number of para-hydroxylation sites is 2. The van der Waals surface area contributed by atoms with Crippen LogP contribution in [0.25, 0.3) is 82.8 Å². The predicted octanol–water partition coefficient (Wildman–Crippen LogP) is 17.6. The Bertz CT molecular complexity index is 3350. The van der Waals surface area contributed by atoms with E-state index in [0.29, 0.717) is 5.69 Å². The highest BCUT2D eigenvalue weighted by molar-refractivity contribution is 6.22. The molecular weight excluding hydrogens is 789 g/mol. The van der Waals surface area contributed by atoms with Crippen LogP contribution in [0.15, 0.2) is 242 Å². The quantitative estimate of drug-likeness (QED) is 0.147. The maximum absolute atomic E-state index is 10.9. The highest BCUT2D eigenvalue weighted by atomic mass is 16.3. The molecule has 0 aliphatic carbocycles. The van der Waals surface area contributed by atoms with Crippen LogP contribution in [0.5, 0.6) is 0 Å². The first-order chi connectivity index (χ1) is 32.0. The van der Waals surface area contributed by atoms with Crippen molar-refractivity contribution in [1.29, 1.82) is 0 Å². The Morgan fingerprint density at radius 2 is 0.892 bits per heavy atom. The standard InChI is InChI=1S/C29H21N.C19H15NO.C14H14/c1-20-15-17-21(18-16-20)26-19-27-24-12-7-8-14-28(24)30(22-9-3-2-4-10-22)29(27)25-13-6-5-11-23(25)26;1-14-9-11-15(12-10-14)16-5-4-6-17(13-16)18-7-2-3-8-19(18)20-21;1-2-12-8-10-14(11-9-12)13-6-4-3-5-7-13/h2-19H,1H3;2-13H,1H3;3-11H,2H2,1H3. The van der Waals surface area contributed by atoms with Crippen LogP contribution in [0, 0.1) is 18.8 Å². The highest BCUT2D eigenvalue weighted by Crippen LogP contribution is 2.41. The van der Waals surface area contributed by atoms with E-state index in [4.69, 9.17) is 0 Å². The van der Waals surface area contributed by atoms with Crippen LogP contribution in [-0.4, -0.2) is 4.57 Å². The minimum Gasteiger partial charge on any atom is -0.309 e. The number of nitrogens with zero attached hydrogens (tertiary/aromatic N) is 2. The first-order valence-corrected chi connectivity index (χ1v) is 22.3. The molecule has 0 bridgehead atoms. The van der Waals surface area contributed by atoms with Gasteiger partial charge >= 0.3 is 0 Å². The molecule has 11 rings (SSSR count). The average Bonchev–Trinajstić information content (AvgIpc) is 3.72. The minimum absolute atomic E-state index is 0.471. The lowest BCUT2D eigenvalue weighted by molar-refractivity contribution is 1.14. The topological polar surface area (TPSA) is 34.4 Å². The lowest BCUT2D eigenvalue weighted by Gasteiger charge is -2.13. The van der Waals surface area contributed by atoms with Crippen LogP contribution in [0.2, 0.25) is 0 Å². The van der Waals surface area contributed by atoms with Gasteiger partial charge in [-0.25, -0.2) is 0 Å². The normalized spacial score (nSPS) is 10.8. The lowest BCUT2D eigenvalue weighted by atomic mass is 9.95. The van der Waals surface area contributed by atoms with Gasteiger partial charge in [0.1, 0.15) is 5.69 Å². The molecule has 0 radical (unpaired) electrons. The molecular formula is C62H50N2O. The van der Waals surface area contributed by atoms with E-state index in [0.717, 1.165) is 23.1 Å². The number of rotatable bonds is 7. The summed E-state index contributed by atoms with van der Waals surface area (Å²) in [5, 5.41) is 8.26. The molecule has 0 spiro atoms. The summed E-state index contributed by atoms with van der Waals surface area (Å²) < 4.78 is 2.41. The monoisotopic (exact) mass is 838 g/mol. The van der Waals surface area contributed by atoms with Crippen molar-refractivity contribution in [3.8, 4) is 50.2 Å². The summed E-state index contributed by atoms with van der Waals surface area (Å²) in [5.74, 6) is 0. The number of hydrogen-bond donors (Lipinski definition) is 0. The molecule has 0 aliphatic heterocycles. The van der Waals surface area contributed by atoms with Gasteiger partial charge in [-0.1, -0.05) is 218 Å². The molecule has 0 fully saturated rings. The Morgan fingerprint density at radius 1 is 0.385 bits per heavy atom. The van der Waals surface area contributed by atoms with Crippen molar-refractivity contribution in [3.05, 3.63) is 258 Å². The number of benzene rings is 10. The summed E-state index contributed by atoms with van der Waals surface area (Å²) >= 11 is 0. The van der Waals surface area contributed by atoms with Crippen molar-refractivity contribution in [2.75, 3.05) is 0 Å². The van der Waals surface area contributed by atoms with E-state index in [1.807, 2.05) is 36.4 Å². The van der Waals surface area contributed by atoms with Crippen LogP contribution >= 0.6 is 0 Å². The zero-order valence-electron chi connectivity index (χ0n) is 37.0. The van der Waals surface area contributed by atoms with Crippen molar-refractivity contribution < 1.29 is 0 Å². The third-order valence-electron chi connectivity index (χ3n) is 12.1. The Hall–Kier alpha value is -8.14. The van der Waals surface area contributed by atoms with Gasteiger partial charge in [0.05, 0.1) is 11.0 Å². The Labute approximate surface area is 381 Å². The summed E-state index contributed by atoms with van der Waals surface area (Å²) in [6.07, 6.45) is 1.11. The van der Waals surface area contributed by atoms with Crippen molar-refractivity contribution in [1.82, 2.24) is 4.57 Å². The maximum Gasteiger partial charge on any atom is 0.115 e. The molecule has 1 heterocycles. The lowest BCUT2D eigenvalue weighted by Crippen LogP contribution is -1.94. The van der Waals surface area contributed by atoms with Gasteiger partial charge in [-0.2, -0.15) is 0 Å². The zero-order valence-corrected chi connectivity index (χ0v) is 37.0. The molecule has 3 nitrogen and oxygen atoms in total. The van der Waals surface area contributed by atoms with E-state index < -0.39 is 0 Å². The van der Waals surface area contributed by atoms with Crippen molar-refractivity contribution in [2.24, 2.45) is 5.18 Å². The number of hydrogen-bond acceptors (Lipinski definition) is 2. The first-order valence-electron chi connectivity index (χ1n) is 22.3. The van der Waals surface area contributed by atoms with Crippen LogP contribution in [0.3, 0.4) is 0 Å². The fraction of sp³-hybridized carbons (Fsp3) is 0.0645. The molecule has 0 aliphatic rings. The number of aryl methyl sites for hydroxylation is 3. The van der Waals surface area contributed by atoms with Gasteiger partial charge in [0.15, 0.2) is 0 Å². The van der Waals surface area contributed by atoms with Crippen molar-refractivity contribution >= 4 is 38.3 Å². The van der Waals surface area contributed by atoms with Gasteiger partial charge in [0.25, 0.3) is 0 Å². The van der Waals surface area contributed by atoms with Gasteiger partial charge in [0.2, 0.25) is 0 Å². The second-order valence-electron chi connectivity index (χ2n) is 16.4. The van der Waals surface area contributed by atoms with Gasteiger partial charge in [-0.15, -0.1) is 4.91 Å². The van der Waals surface area contributed by atoms with Gasteiger partial charge in [-0.05, 0) is 112 Å². The van der Waals surface area contributed by atoms with Crippen LogP contribution in [0.4, 0.5) is 5.69 Å². The Balaban J connectivity index is 0.000000133. The molecule has 0 unspecified atom stereocenters. The molecule has 10 aromatic carbocycles. The fourth-order valence-electron chi connectivity index (χ4n) is 8.61. The Kier molecular flexibility index (Phi) is 12.7. The third kappa shape index (κ3) is 9.18. The summed E-state index contributed by atoms with van der Waals surface area (Å²) in [6, 6.07) is 82.7. The number of nitroso groups, excluding NO2 is 1. The van der Waals surface area contributed by atoms with Gasteiger partial charge < -0.3 is 4.57 Å². The SMILES string of the molecule is CCc1ccc(-c2ccccc2)cc1.Cc1ccc(-c2cc3c4ccccc4n(-c4ccccc4)c3c3ccccc23)cc1.Cc1ccc(-c2cccc(-c3ccccc3N=O)c2)cc1. The van der Waals surface area contributed by atoms with E-state index in [-0.39, 0.29) is 0 Å². The molecule has 0 saturated carbocycles. The molecule has 3 heteroatoms. The fourth-order valence-corrected chi connectivity index (χ4v) is 8.61. The highest BCUT2D eigenvalue weighted by Gasteiger charge is 2.17. The van der Waals surface area contributed by atoms with Crippen LogP contribution < -0.4 is 0 Å².